The van der Waals surface area contributed by atoms with Gasteiger partial charge in [-0.15, -0.1) is 0 Å². The highest BCUT2D eigenvalue weighted by molar-refractivity contribution is 6.28. The van der Waals surface area contributed by atoms with Crippen molar-refractivity contribution in [2.45, 2.75) is 18.9 Å². The molecule has 18 heavy (non-hydrogen) atoms. The number of primary amides is 1. The number of nitrogens with zero attached hydrogens (tertiary/aromatic N) is 5. The molecule has 1 unspecified atom stereocenters. The van der Waals surface area contributed by atoms with Crippen LogP contribution in [0.3, 0.4) is 0 Å². The summed E-state index contributed by atoms with van der Waals surface area (Å²) in [6.45, 7) is 0.695. The largest absolute Gasteiger partial charge is 0.368 e. The summed E-state index contributed by atoms with van der Waals surface area (Å²) in [6, 6.07) is -0.363. The molecule has 1 saturated heterocycles. The Morgan fingerprint density at radius 3 is 2.78 bits per heavy atom. The van der Waals surface area contributed by atoms with Gasteiger partial charge in [0, 0.05) is 20.6 Å². The minimum Gasteiger partial charge on any atom is -0.368 e. The number of nitrogens with two attached hydrogens (primary N) is 1. The Bertz CT molecular complexity index is 466. The molecule has 1 atom stereocenters. The fourth-order valence-electron chi connectivity index (χ4n) is 1.96. The van der Waals surface area contributed by atoms with Gasteiger partial charge in [0.25, 0.3) is 0 Å². The van der Waals surface area contributed by atoms with E-state index in [1.807, 2.05) is 14.1 Å². The number of anilines is 2. The van der Waals surface area contributed by atoms with Crippen molar-refractivity contribution >= 4 is 29.4 Å². The topological polar surface area (TPSA) is 88.2 Å². The van der Waals surface area contributed by atoms with Crippen LogP contribution in [0.25, 0.3) is 0 Å². The monoisotopic (exact) mass is 270 g/mol. The molecule has 2 rings (SSSR count). The van der Waals surface area contributed by atoms with Gasteiger partial charge in [-0.05, 0) is 24.4 Å². The van der Waals surface area contributed by atoms with Crippen molar-refractivity contribution in [1.82, 2.24) is 15.0 Å². The molecule has 1 amide bonds. The van der Waals surface area contributed by atoms with Crippen LogP contribution in [-0.2, 0) is 4.79 Å². The second kappa shape index (κ2) is 4.93. The highest BCUT2D eigenvalue weighted by Crippen LogP contribution is 2.24. The molecule has 1 aromatic rings. The highest BCUT2D eigenvalue weighted by Gasteiger charge is 2.31. The number of hydrogen-bond acceptors (Lipinski definition) is 6. The fraction of sp³-hybridized carbons (Fsp3) is 0.600. The van der Waals surface area contributed by atoms with Crippen LogP contribution in [0.15, 0.2) is 0 Å². The zero-order valence-corrected chi connectivity index (χ0v) is 11.1. The van der Waals surface area contributed by atoms with E-state index in [0.717, 1.165) is 12.8 Å². The molecule has 1 aliphatic rings. The van der Waals surface area contributed by atoms with Gasteiger partial charge in [0.2, 0.25) is 23.1 Å². The fourth-order valence-corrected chi connectivity index (χ4v) is 2.11. The summed E-state index contributed by atoms with van der Waals surface area (Å²) in [5.41, 5.74) is 5.37. The van der Waals surface area contributed by atoms with Crippen molar-refractivity contribution in [1.29, 1.82) is 0 Å². The van der Waals surface area contributed by atoms with Crippen molar-refractivity contribution in [3.05, 3.63) is 5.28 Å². The lowest BCUT2D eigenvalue weighted by Crippen LogP contribution is -2.41. The molecule has 98 valence electrons. The molecule has 0 spiro atoms. The average molecular weight is 271 g/mol. The van der Waals surface area contributed by atoms with E-state index < -0.39 is 0 Å². The zero-order chi connectivity index (χ0) is 13.3. The second-order valence-corrected chi connectivity index (χ2v) is 4.69. The molecule has 0 aliphatic carbocycles. The molecular formula is C10H15ClN6O. The molecule has 1 aliphatic heterocycles. The number of carbonyl (C=O) groups is 1. The van der Waals surface area contributed by atoms with Gasteiger partial charge < -0.3 is 15.5 Å². The summed E-state index contributed by atoms with van der Waals surface area (Å²) in [5.74, 6) is 0.496. The second-order valence-electron chi connectivity index (χ2n) is 4.35. The van der Waals surface area contributed by atoms with Crippen LogP contribution in [0.2, 0.25) is 5.28 Å². The lowest BCUT2D eigenvalue weighted by Gasteiger charge is -2.23. The van der Waals surface area contributed by atoms with E-state index >= 15 is 0 Å². The van der Waals surface area contributed by atoms with Gasteiger partial charge in [0.15, 0.2) is 0 Å². The Morgan fingerprint density at radius 2 is 2.17 bits per heavy atom. The number of amides is 1. The van der Waals surface area contributed by atoms with Gasteiger partial charge in [-0.25, -0.2) is 0 Å². The number of carbonyl (C=O) groups excluding carboxylic acids is 1. The maximum Gasteiger partial charge on any atom is 0.240 e. The lowest BCUT2D eigenvalue weighted by molar-refractivity contribution is -0.119. The molecular weight excluding hydrogens is 256 g/mol. The first-order chi connectivity index (χ1) is 8.49. The van der Waals surface area contributed by atoms with E-state index in [1.54, 1.807) is 9.80 Å². The summed E-state index contributed by atoms with van der Waals surface area (Å²) in [5, 5.41) is 0.110. The van der Waals surface area contributed by atoms with Crippen LogP contribution in [-0.4, -0.2) is 47.5 Å². The molecule has 2 heterocycles. The third-order valence-corrected chi connectivity index (χ3v) is 2.99. The Kier molecular flexibility index (Phi) is 3.51. The van der Waals surface area contributed by atoms with E-state index in [0.29, 0.717) is 18.4 Å². The minimum absolute atomic E-state index is 0.110. The maximum absolute atomic E-state index is 11.4. The Labute approximate surface area is 110 Å². The van der Waals surface area contributed by atoms with Crippen molar-refractivity contribution in [2.24, 2.45) is 5.73 Å². The Balaban J connectivity index is 2.35. The first kappa shape index (κ1) is 12.8. The number of halogens is 1. The smallest absolute Gasteiger partial charge is 0.240 e. The van der Waals surface area contributed by atoms with Gasteiger partial charge in [-0.1, -0.05) is 0 Å². The van der Waals surface area contributed by atoms with Crippen molar-refractivity contribution < 1.29 is 4.79 Å². The molecule has 0 bridgehead atoms. The van der Waals surface area contributed by atoms with E-state index in [4.69, 9.17) is 17.3 Å². The molecule has 1 aromatic heterocycles. The summed E-state index contributed by atoms with van der Waals surface area (Å²) in [7, 11) is 3.62. The van der Waals surface area contributed by atoms with E-state index in [-0.39, 0.29) is 17.2 Å². The molecule has 8 heteroatoms. The van der Waals surface area contributed by atoms with Crippen molar-refractivity contribution in [3.8, 4) is 0 Å². The summed E-state index contributed by atoms with van der Waals surface area (Å²) < 4.78 is 0. The average Bonchev–Trinajstić information content (AvgIpc) is 2.76. The predicted octanol–water partition coefficient (Wildman–Crippen LogP) is 0.0451. The van der Waals surface area contributed by atoms with Gasteiger partial charge in [0.05, 0.1) is 0 Å². The van der Waals surface area contributed by atoms with Crippen LogP contribution in [0.1, 0.15) is 12.8 Å². The molecule has 2 N–H and O–H groups in total. The van der Waals surface area contributed by atoms with Gasteiger partial charge in [-0.3, -0.25) is 4.79 Å². The van der Waals surface area contributed by atoms with Gasteiger partial charge >= 0.3 is 0 Å². The normalized spacial score (nSPS) is 19.1. The summed E-state index contributed by atoms with van der Waals surface area (Å²) in [4.78, 5) is 27.2. The third kappa shape index (κ3) is 2.45. The predicted molar refractivity (Wildman–Crippen MR) is 68.7 cm³/mol. The maximum atomic E-state index is 11.4. The number of aromatic nitrogens is 3. The summed E-state index contributed by atoms with van der Waals surface area (Å²) >= 11 is 5.87. The van der Waals surface area contributed by atoms with Gasteiger partial charge in [0.1, 0.15) is 6.04 Å². The Hall–Kier alpha value is -1.63. The van der Waals surface area contributed by atoms with E-state index in [1.165, 1.54) is 0 Å². The van der Waals surface area contributed by atoms with Crippen molar-refractivity contribution in [3.63, 3.8) is 0 Å². The molecule has 0 aromatic carbocycles. The minimum atomic E-state index is -0.365. The Morgan fingerprint density at radius 1 is 1.44 bits per heavy atom. The molecule has 0 saturated carbocycles. The van der Waals surface area contributed by atoms with Crippen LogP contribution in [0.4, 0.5) is 11.9 Å². The molecule has 7 nitrogen and oxygen atoms in total. The first-order valence-corrected chi connectivity index (χ1v) is 6.01. The quantitative estimate of drug-likeness (QED) is 0.835. The van der Waals surface area contributed by atoms with Crippen LogP contribution in [0, 0.1) is 0 Å². The zero-order valence-electron chi connectivity index (χ0n) is 10.3. The van der Waals surface area contributed by atoms with Crippen LogP contribution in [0.5, 0.6) is 0 Å². The number of hydrogen-bond donors (Lipinski definition) is 1. The SMILES string of the molecule is CN(C)c1nc(Cl)nc(N2CCCC2C(N)=O)n1. The first-order valence-electron chi connectivity index (χ1n) is 5.64. The molecule has 0 radical (unpaired) electrons. The summed E-state index contributed by atoms with van der Waals surface area (Å²) in [6.07, 6.45) is 1.60. The van der Waals surface area contributed by atoms with E-state index in [2.05, 4.69) is 15.0 Å². The molecule has 1 fully saturated rings. The third-order valence-electron chi connectivity index (χ3n) is 2.82. The van der Waals surface area contributed by atoms with Crippen LogP contribution >= 0.6 is 11.6 Å². The standard InChI is InChI=1S/C10H15ClN6O/c1-16(2)9-13-8(11)14-10(15-9)17-5-3-4-6(17)7(12)18/h6H,3-5H2,1-2H3,(H2,12,18). The lowest BCUT2D eigenvalue weighted by atomic mass is 10.2. The highest BCUT2D eigenvalue weighted by atomic mass is 35.5. The van der Waals surface area contributed by atoms with Gasteiger partial charge in [-0.2, -0.15) is 15.0 Å². The van der Waals surface area contributed by atoms with E-state index in [9.17, 15) is 4.79 Å². The number of rotatable bonds is 3. The van der Waals surface area contributed by atoms with Crippen LogP contribution < -0.4 is 15.5 Å². The van der Waals surface area contributed by atoms with Crippen molar-refractivity contribution in [2.75, 3.05) is 30.4 Å².